The van der Waals surface area contributed by atoms with E-state index in [1.807, 2.05) is 6.92 Å². The minimum absolute atomic E-state index is 0.0966. The van der Waals surface area contributed by atoms with Crippen molar-refractivity contribution in [1.82, 2.24) is 15.1 Å². The van der Waals surface area contributed by atoms with Gasteiger partial charge < -0.3 is 29.3 Å². The molecule has 1 saturated heterocycles. The van der Waals surface area contributed by atoms with Gasteiger partial charge in [-0.15, -0.1) is 0 Å². The zero-order chi connectivity index (χ0) is 19.6. The first-order chi connectivity index (χ1) is 13.1. The van der Waals surface area contributed by atoms with E-state index in [-0.39, 0.29) is 11.9 Å². The summed E-state index contributed by atoms with van der Waals surface area (Å²) in [7, 11) is 3.09. The summed E-state index contributed by atoms with van der Waals surface area (Å²) in [5.41, 5.74) is 0.493. The van der Waals surface area contributed by atoms with Gasteiger partial charge in [-0.25, -0.2) is 4.79 Å². The molecule has 0 aliphatic carbocycles. The number of ether oxygens (including phenoxy) is 3. The standard InChI is InChI=1S/C19H29N3O5/c1-4-27-13-5-8-20-19(24)22-11-9-21(10-12-22)18(23)16-7-6-15(25-2)14-17(16)26-3/h6-7,14H,4-5,8-13H2,1-3H3,(H,20,24). The van der Waals surface area contributed by atoms with Crippen LogP contribution in [0.25, 0.3) is 0 Å². The number of piperazine rings is 1. The molecule has 1 N–H and O–H groups in total. The first kappa shape index (κ1) is 20.8. The fourth-order valence-electron chi connectivity index (χ4n) is 2.88. The lowest BCUT2D eigenvalue weighted by Crippen LogP contribution is -2.53. The molecule has 1 aliphatic rings. The van der Waals surface area contributed by atoms with Crippen LogP contribution < -0.4 is 14.8 Å². The van der Waals surface area contributed by atoms with Crippen LogP contribution in [0.5, 0.6) is 11.5 Å². The molecule has 0 bridgehead atoms. The highest BCUT2D eigenvalue weighted by atomic mass is 16.5. The van der Waals surface area contributed by atoms with Crippen molar-refractivity contribution < 1.29 is 23.8 Å². The van der Waals surface area contributed by atoms with E-state index in [9.17, 15) is 9.59 Å². The van der Waals surface area contributed by atoms with Gasteiger partial charge in [0.05, 0.1) is 19.8 Å². The zero-order valence-corrected chi connectivity index (χ0v) is 16.3. The van der Waals surface area contributed by atoms with Gasteiger partial charge in [-0.05, 0) is 25.5 Å². The van der Waals surface area contributed by atoms with E-state index in [1.54, 1.807) is 35.1 Å². The van der Waals surface area contributed by atoms with Crippen LogP contribution in [0.4, 0.5) is 4.79 Å². The number of hydrogen-bond donors (Lipinski definition) is 1. The predicted molar refractivity (Wildman–Crippen MR) is 102 cm³/mol. The van der Waals surface area contributed by atoms with Gasteiger partial charge in [0.15, 0.2) is 0 Å². The van der Waals surface area contributed by atoms with Gasteiger partial charge in [0.2, 0.25) is 0 Å². The first-order valence-electron chi connectivity index (χ1n) is 9.22. The van der Waals surface area contributed by atoms with Crippen LogP contribution in [0.15, 0.2) is 18.2 Å². The number of amides is 3. The Hall–Kier alpha value is -2.48. The fraction of sp³-hybridized carbons (Fsp3) is 0.579. The Balaban J connectivity index is 1.84. The smallest absolute Gasteiger partial charge is 0.317 e. The largest absolute Gasteiger partial charge is 0.497 e. The molecule has 0 spiro atoms. The number of benzene rings is 1. The second kappa shape index (κ2) is 10.6. The average Bonchev–Trinajstić information content (AvgIpc) is 2.72. The van der Waals surface area contributed by atoms with Crippen molar-refractivity contribution >= 4 is 11.9 Å². The highest BCUT2D eigenvalue weighted by Gasteiger charge is 2.26. The molecule has 1 aliphatic heterocycles. The van der Waals surface area contributed by atoms with Crippen LogP contribution in [0.1, 0.15) is 23.7 Å². The molecule has 1 aromatic carbocycles. The number of methoxy groups -OCH3 is 2. The molecular formula is C19H29N3O5. The Kier molecular flexibility index (Phi) is 8.19. The maximum Gasteiger partial charge on any atom is 0.317 e. The van der Waals surface area contributed by atoms with Gasteiger partial charge in [-0.2, -0.15) is 0 Å². The summed E-state index contributed by atoms with van der Waals surface area (Å²) in [5, 5.41) is 2.89. The molecular weight excluding hydrogens is 350 g/mol. The SMILES string of the molecule is CCOCCCNC(=O)N1CCN(C(=O)c2ccc(OC)cc2OC)CC1. The van der Waals surface area contributed by atoms with E-state index in [2.05, 4.69) is 5.32 Å². The molecule has 0 aromatic heterocycles. The Morgan fingerprint density at radius 3 is 2.41 bits per heavy atom. The van der Waals surface area contributed by atoms with Crippen LogP contribution >= 0.6 is 0 Å². The summed E-state index contributed by atoms with van der Waals surface area (Å²) in [4.78, 5) is 28.5. The van der Waals surface area contributed by atoms with Gasteiger partial charge in [0.1, 0.15) is 11.5 Å². The van der Waals surface area contributed by atoms with Gasteiger partial charge in [0, 0.05) is 52.0 Å². The topological polar surface area (TPSA) is 80.3 Å². The minimum Gasteiger partial charge on any atom is -0.497 e. The van der Waals surface area contributed by atoms with Gasteiger partial charge >= 0.3 is 6.03 Å². The fourth-order valence-corrected chi connectivity index (χ4v) is 2.88. The van der Waals surface area contributed by atoms with Crippen LogP contribution in [0, 0.1) is 0 Å². The van der Waals surface area contributed by atoms with Gasteiger partial charge in [0.25, 0.3) is 5.91 Å². The van der Waals surface area contributed by atoms with Crippen molar-refractivity contribution in [3.8, 4) is 11.5 Å². The van der Waals surface area contributed by atoms with Crippen molar-refractivity contribution in [1.29, 1.82) is 0 Å². The number of nitrogens with one attached hydrogen (secondary N) is 1. The van der Waals surface area contributed by atoms with Crippen LogP contribution in [-0.4, -0.2) is 81.9 Å². The summed E-state index contributed by atoms with van der Waals surface area (Å²) < 4.78 is 15.7. The molecule has 150 valence electrons. The molecule has 0 unspecified atom stereocenters. The first-order valence-corrected chi connectivity index (χ1v) is 9.22. The summed E-state index contributed by atoms with van der Waals surface area (Å²) >= 11 is 0. The highest BCUT2D eigenvalue weighted by Crippen LogP contribution is 2.26. The Labute approximate surface area is 160 Å². The van der Waals surface area contributed by atoms with Crippen LogP contribution in [0.3, 0.4) is 0 Å². The van der Waals surface area contributed by atoms with E-state index in [0.717, 1.165) is 6.42 Å². The number of rotatable bonds is 8. The molecule has 0 atom stereocenters. The lowest BCUT2D eigenvalue weighted by atomic mass is 10.1. The van der Waals surface area contributed by atoms with Crippen molar-refractivity contribution in [3.63, 3.8) is 0 Å². The summed E-state index contributed by atoms with van der Waals surface area (Å²) in [6.07, 6.45) is 0.787. The molecule has 8 nitrogen and oxygen atoms in total. The molecule has 1 heterocycles. The number of carbonyl (C=O) groups is 2. The maximum atomic E-state index is 12.8. The average molecular weight is 379 g/mol. The Morgan fingerprint density at radius 1 is 1.07 bits per heavy atom. The lowest BCUT2D eigenvalue weighted by Gasteiger charge is -2.35. The van der Waals surface area contributed by atoms with Crippen molar-refractivity contribution in [2.45, 2.75) is 13.3 Å². The van der Waals surface area contributed by atoms with E-state index >= 15 is 0 Å². The molecule has 0 saturated carbocycles. The normalized spacial score (nSPS) is 14.0. The third-order valence-corrected chi connectivity index (χ3v) is 4.44. The summed E-state index contributed by atoms with van der Waals surface area (Å²) in [5.74, 6) is 1.01. The van der Waals surface area contributed by atoms with E-state index in [0.29, 0.717) is 63.0 Å². The molecule has 8 heteroatoms. The monoisotopic (exact) mass is 379 g/mol. The van der Waals surface area contributed by atoms with E-state index in [4.69, 9.17) is 14.2 Å². The molecule has 27 heavy (non-hydrogen) atoms. The van der Waals surface area contributed by atoms with E-state index < -0.39 is 0 Å². The quantitative estimate of drug-likeness (QED) is 0.694. The summed E-state index contributed by atoms with van der Waals surface area (Å²) in [6.45, 7) is 5.83. The van der Waals surface area contributed by atoms with Gasteiger partial charge in [-0.3, -0.25) is 4.79 Å². The maximum absolute atomic E-state index is 12.8. The number of urea groups is 1. The second-order valence-electron chi connectivity index (χ2n) is 6.13. The van der Waals surface area contributed by atoms with Crippen LogP contribution in [0.2, 0.25) is 0 Å². The third kappa shape index (κ3) is 5.75. The van der Waals surface area contributed by atoms with Crippen molar-refractivity contribution in [2.75, 3.05) is 60.2 Å². The Bertz CT molecular complexity index is 630. The summed E-state index contributed by atoms with van der Waals surface area (Å²) in [6, 6.07) is 5.04. The van der Waals surface area contributed by atoms with Crippen molar-refractivity contribution in [3.05, 3.63) is 23.8 Å². The number of carbonyl (C=O) groups excluding carboxylic acids is 2. The van der Waals surface area contributed by atoms with E-state index in [1.165, 1.54) is 7.11 Å². The third-order valence-electron chi connectivity index (χ3n) is 4.44. The van der Waals surface area contributed by atoms with Crippen molar-refractivity contribution in [2.24, 2.45) is 0 Å². The number of hydrogen-bond acceptors (Lipinski definition) is 5. The lowest BCUT2D eigenvalue weighted by molar-refractivity contribution is 0.0661. The molecule has 2 rings (SSSR count). The molecule has 3 amide bonds. The Morgan fingerprint density at radius 2 is 1.78 bits per heavy atom. The van der Waals surface area contributed by atoms with Crippen LogP contribution in [-0.2, 0) is 4.74 Å². The highest BCUT2D eigenvalue weighted by molar-refractivity contribution is 5.97. The minimum atomic E-state index is -0.105. The second-order valence-corrected chi connectivity index (χ2v) is 6.13. The van der Waals surface area contributed by atoms with Gasteiger partial charge in [-0.1, -0.05) is 0 Å². The predicted octanol–water partition coefficient (Wildman–Crippen LogP) is 1.60. The number of nitrogens with zero attached hydrogens (tertiary/aromatic N) is 2. The zero-order valence-electron chi connectivity index (χ0n) is 16.3. The molecule has 1 aromatic rings. The molecule has 1 fully saturated rings. The molecule has 0 radical (unpaired) electrons.